The Hall–Kier alpha value is -1.24. The fourth-order valence-electron chi connectivity index (χ4n) is 2.15. The Kier molecular flexibility index (Phi) is 11.4. The van der Waals surface area contributed by atoms with E-state index in [1.807, 2.05) is 12.7 Å². The minimum Gasteiger partial charge on any atom is -0.377 e. The number of nitriles is 1. The zero-order chi connectivity index (χ0) is 18.4. The molecule has 1 amide bonds. The molecule has 0 saturated carbocycles. The van der Waals surface area contributed by atoms with Crippen molar-refractivity contribution in [1.29, 1.82) is 5.26 Å². The van der Waals surface area contributed by atoms with Crippen LogP contribution in [0.3, 0.4) is 0 Å². The van der Waals surface area contributed by atoms with Gasteiger partial charge in [-0.05, 0) is 12.8 Å². The average Bonchev–Trinajstić information content (AvgIpc) is 2.57. The molecule has 8 heteroatoms. The predicted octanol–water partition coefficient (Wildman–Crippen LogP) is 2.68. The highest BCUT2D eigenvalue weighted by Crippen LogP contribution is 2.32. The number of hydrogen-bond donors (Lipinski definition) is 1. The summed E-state index contributed by atoms with van der Waals surface area (Å²) in [5.41, 5.74) is -2.08. The lowest BCUT2D eigenvalue weighted by Gasteiger charge is -2.20. The van der Waals surface area contributed by atoms with Gasteiger partial charge < -0.3 is 19.1 Å². The summed E-state index contributed by atoms with van der Waals surface area (Å²) in [6.45, 7) is 3.39. The first-order valence-electron chi connectivity index (χ1n) is 8.50. The summed E-state index contributed by atoms with van der Waals surface area (Å²) in [6, 6.07) is 1.99. The summed E-state index contributed by atoms with van der Waals surface area (Å²) < 4.78 is 30.6. The number of alkyl halides is 1. The van der Waals surface area contributed by atoms with Gasteiger partial charge in [0.15, 0.2) is 8.38 Å². The number of rotatable bonds is 11. The van der Waals surface area contributed by atoms with Crippen molar-refractivity contribution in [2.75, 3.05) is 39.6 Å². The second-order valence-corrected chi connectivity index (χ2v) is 6.94. The lowest BCUT2D eigenvalue weighted by molar-refractivity contribution is -0.130. The minimum atomic E-state index is -2.08. The highest BCUT2D eigenvalue weighted by Gasteiger charge is 2.36. The lowest BCUT2D eigenvalue weighted by Crippen LogP contribution is -2.43. The van der Waals surface area contributed by atoms with Crippen LogP contribution < -0.4 is 5.32 Å². The van der Waals surface area contributed by atoms with Crippen LogP contribution in [0.1, 0.15) is 38.5 Å². The number of halogens is 1. The van der Waals surface area contributed by atoms with E-state index < -0.39 is 20.0 Å². The molecule has 1 aliphatic carbocycles. The molecule has 1 rings (SSSR count). The van der Waals surface area contributed by atoms with Gasteiger partial charge in [-0.3, -0.25) is 4.79 Å². The summed E-state index contributed by atoms with van der Waals surface area (Å²) in [5.74, 6) is 4.54. The van der Waals surface area contributed by atoms with Gasteiger partial charge in [0.1, 0.15) is 0 Å². The molecule has 0 spiro atoms. The number of carbonyl (C=O) groups is 1. The predicted molar refractivity (Wildman–Crippen MR) is 93.5 cm³/mol. The Bertz CT molecular complexity index is 503. The fourth-order valence-corrected chi connectivity index (χ4v) is 2.91. The van der Waals surface area contributed by atoms with Gasteiger partial charge in [-0.2, -0.15) is 5.26 Å². The van der Waals surface area contributed by atoms with E-state index in [0.29, 0.717) is 39.1 Å². The number of carbonyl (C=O) groups excluding carboxylic acids is 1. The number of ether oxygens (including phenoxy) is 1. The van der Waals surface area contributed by atoms with E-state index >= 15 is 0 Å². The number of nitrogens with zero attached hydrogens (tertiary/aromatic N) is 1. The van der Waals surface area contributed by atoms with Gasteiger partial charge >= 0.3 is 0 Å². The maximum Gasteiger partial charge on any atom is 0.270 e. The molecule has 1 aliphatic rings. The smallest absolute Gasteiger partial charge is 0.270 e. The van der Waals surface area contributed by atoms with Gasteiger partial charge in [0, 0.05) is 26.1 Å². The van der Waals surface area contributed by atoms with E-state index in [9.17, 15) is 9.18 Å². The highest BCUT2D eigenvalue weighted by atomic mass is 31.2. The zero-order valence-electron chi connectivity index (χ0n) is 14.7. The van der Waals surface area contributed by atoms with E-state index in [-0.39, 0.29) is 19.6 Å². The lowest BCUT2D eigenvalue weighted by atomic mass is 9.94. The van der Waals surface area contributed by atoms with Crippen LogP contribution in [0.2, 0.25) is 0 Å². The first kappa shape index (κ1) is 21.8. The van der Waals surface area contributed by atoms with Crippen LogP contribution in [0.15, 0.2) is 0 Å². The van der Waals surface area contributed by atoms with Crippen molar-refractivity contribution in [1.82, 2.24) is 5.32 Å². The molecular weight excluding hydrogens is 346 g/mol. The van der Waals surface area contributed by atoms with Crippen LogP contribution in [-0.2, 0) is 18.6 Å². The van der Waals surface area contributed by atoms with Crippen LogP contribution in [0, 0.1) is 23.2 Å². The molecule has 0 aliphatic heterocycles. The average molecular weight is 372 g/mol. The first-order chi connectivity index (χ1) is 12.1. The standard InChI is InChI=1S/C17H26FN2O4P/c1-25(23-12-7-10-19)24-15-14-22-13-11-20-16(21)17(18)8-5-3-2-4-6-9-17/h2-5,7-8,11-15H2,1H3,(H,20,21)/t17-,25?/m1/s1. The van der Waals surface area contributed by atoms with Crippen molar-refractivity contribution in [3.8, 4) is 17.9 Å². The minimum absolute atomic E-state index is 0.145. The summed E-state index contributed by atoms with van der Waals surface area (Å²) in [4.78, 5) is 12.0. The van der Waals surface area contributed by atoms with Gasteiger partial charge in [-0.1, -0.05) is 18.3 Å². The van der Waals surface area contributed by atoms with Crippen LogP contribution >= 0.6 is 8.38 Å². The number of hydrogen-bond acceptors (Lipinski definition) is 5. The molecule has 0 radical (unpaired) electrons. The van der Waals surface area contributed by atoms with Crippen molar-refractivity contribution in [2.24, 2.45) is 0 Å². The van der Waals surface area contributed by atoms with Gasteiger partial charge in [-0.25, -0.2) is 4.39 Å². The maximum atomic E-state index is 14.6. The zero-order valence-corrected chi connectivity index (χ0v) is 15.6. The van der Waals surface area contributed by atoms with Crippen molar-refractivity contribution in [3.63, 3.8) is 0 Å². The van der Waals surface area contributed by atoms with Gasteiger partial charge in [0.25, 0.3) is 5.91 Å². The quantitative estimate of drug-likeness (QED) is 0.343. The molecule has 0 bridgehead atoms. The molecule has 0 aromatic carbocycles. The summed E-state index contributed by atoms with van der Waals surface area (Å²) in [5, 5.41) is 10.9. The topological polar surface area (TPSA) is 80.6 Å². The Balaban J connectivity index is 2.09. The normalized spacial score (nSPS) is 21.2. The van der Waals surface area contributed by atoms with E-state index in [0.717, 1.165) is 12.8 Å². The maximum absolute atomic E-state index is 14.6. The van der Waals surface area contributed by atoms with Crippen molar-refractivity contribution < 1.29 is 23.0 Å². The third-order valence-corrected chi connectivity index (χ3v) is 4.58. The van der Waals surface area contributed by atoms with Crippen LogP contribution in [0.25, 0.3) is 0 Å². The molecule has 6 nitrogen and oxygen atoms in total. The second kappa shape index (κ2) is 13.0. The molecule has 140 valence electrons. The molecule has 25 heavy (non-hydrogen) atoms. The summed E-state index contributed by atoms with van der Waals surface area (Å²) in [6.07, 6.45) is 3.66. The van der Waals surface area contributed by atoms with Crippen LogP contribution in [-0.4, -0.2) is 51.2 Å². The molecular formula is C17H26FN2O4P. The van der Waals surface area contributed by atoms with E-state index in [4.69, 9.17) is 19.0 Å². The monoisotopic (exact) mass is 372 g/mol. The molecule has 0 aromatic heterocycles. The summed E-state index contributed by atoms with van der Waals surface area (Å²) in [7, 11) is -1.01. The number of amides is 1. The molecule has 0 fully saturated rings. The Morgan fingerprint density at radius 1 is 1.28 bits per heavy atom. The Labute approximate surface area is 150 Å². The Morgan fingerprint density at radius 3 is 2.88 bits per heavy atom. The molecule has 2 atom stereocenters. The summed E-state index contributed by atoms with van der Waals surface area (Å²) >= 11 is 0. The van der Waals surface area contributed by atoms with E-state index in [2.05, 4.69) is 17.2 Å². The first-order valence-corrected chi connectivity index (χ1v) is 10.1. The highest BCUT2D eigenvalue weighted by molar-refractivity contribution is 7.46. The molecule has 0 heterocycles. The SMILES string of the molecule is CP(OCCC#N)OCCOCCNC(=O)[C@]1(F)C#CCCCCC1. The second-order valence-electron chi connectivity index (χ2n) is 5.55. The molecule has 1 N–H and O–H groups in total. The largest absolute Gasteiger partial charge is 0.377 e. The van der Waals surface area contributed by atoms with Gasteiger partial charge in [-0.15, -0.1) is 0 Å². The van der Waals surface area contributed by atoms with Crippen LogP contribution in [0.4, 0.5) is 4.39 Å². The van der Waals surface area contributed by atoms with E-state index in [1.165, 1.54) is 0 Å². The van der Waals surface area contributed by atoms with E-state index in [1.54, 1.807) is 0 Å². The van der Waals surface area contributed by atoms with Crippen molar-refractivity contribution in [2.45, 2.75) is 44.2 Å². The van der Waals surface area contributed by atoms with Crippen LogP contribution in [0.5, 0.6) is 0 Å². The van der Waals surface area contributed by atoms with Gasteiger partial charge in [0.05, 0.1) is 38.9 Å². The third-order valence-electron chi connectivity index (χ3n) is 3.49. The Morgan fingerprint density at radius 2 is 2.08 bits per heavy atom. The van der Waals surface area contributed by atoms with Crippen molar-refractivity contribution in [3.05, 3.63) is 0 Å². The number of nitrogens with one attached hydrogen (secondary N) is 1. The fraction of sp³-hybridized carbons (Fsp3) is 0.765. The molecule has 0 saturated heterocycles. The third kappa shape index (κ3) is 9.72. The molecule has 0 aromatic rings. The van der Waals surface area contributed by atoms with Crippen molar-refractivity contribution >= 4 is 14.3 Å². The molecule has 1 unspecified atom stereocenters. The van der Waals surface area contributed by atoms with Gasteiger partial charge in [0.2, 0.25) is 5.67 Å².